The molecule has 0 saturated carbocycles. The fourth-order valence-corrected chi connectivity index (χ4v) is 2.33. The van der Waals surface area contributed by atoms with Gasteiger partial charge < -0.3 is 5.11 Å². The second kappa shape index (κ2) is 5.97. The lowest BCUT2D eigenvalue weighted by molar-refractivity contribution is 0.233. The summed E-state index contributed by atoms with van der Waals surface area (Å²) in [5.41, 5.74) is 5.70. The van der Waals surface area contributed by atoms with E-state index in [1.165, 1.54) is 5.56 Å². The molecule has 108 valence electrons. The van der Waals surface area contributed by atoms with Gasteiger partial charge in [0.15, 0.2) is 0 Å². The van der Waals surface area contributed by atoms with Gasteiger partial charge >= 0.3 is 0 Å². The van der Waals surface area contributed by atoms with E-state index in [9.17, 15) is 5.11 Å². The van der Waals surface area contributed by atoms with Crippen molar-refractivity contribution in [2.45, 2.75) is 19.4 Å². The largest absolute Gasteiger partial charge is 0.380 e. The molecule has 0 aliphatic rings. The molecule has 1 aromatic heterocycles. The Hall–Kier alpha value is -2.70. The van der Waals surface area contributed by atoms with Crippen molar-refractivity contribution >= 4 is 11.0 Å². The number of aromatic nitrogens is 2. The second-order valence-corrected chi connectivity index (χ2v) is 5.33. The minimum atomic E-state index is -0.766. The van der Waals surface area contributed by atoms with Crippen LogP contribution in [0.4, 0.5) is 0 Å². The quantitative estimate of drug-likeness (QED) is 0.753. The predicted octanol–water partition coefficient (Wildman–Crippen LogP) is 3.14. The van der Waals surface area contributed by atoms with Gasteiger partial charge in [-0.15, -0.1) is 6.42 Å². The Morgan fingerprint density at radius 3 is 2.64 bits per heavy atom. The van der Waals surface area contributed by atoms with Gasteiger partial charge in [-0.05, 0) is 24.6 Å². The molecule has 3 aromatic rings. The van der Waals surface area contributed by atoms with E-state index in [2.05, 4.69) is 34.9 Å². The first-order chi connectivity index (χ1) is 10.7. The first-order valence-corrected chi connectivity index (χ1v) is 7.12. The summed E-state index contributed by atoms with van der Waals surface area (Å²) >= 11 is 0. The highest BCUT2D eigenvalue weighted by Gasteiger charge is 2.06. The summed E-state index contributed by atoms with van der Waals surface area (Å²) in [7, 11) is 0. The number of fused-ring (bicyclic) bond motifs is 1. The standard InChI is InChI=1S/C19H16N2O/c1-3-16(22)10-14-6-9-17-18(11-14)20-12-19(21-17)15-7-4-13(2)5-8-15/h1,4-9,11-12,16,22H,10H2,2H3. The van der Waals surface area contributed by atoms with Crippen LogP contribution in [0.5, 0.6) is 0 Å². The van der Waals surface area contributed by atoms with Gasteiger partial charge in [0.25, 0.3) is 0 Å². The monoisotopic (exact) mass is 288 g/mol. The summed E-state index contributed by atoms with van der Waals surface area (Å²) in [6, 6.07) is 14.0. The number of aliphatic hydroxyl groups excluding tert-OH is 1. The maximum atomic E-state index is 9.53. The van der Waals surface area contributed by atoms with Crippen LogP contribution >= 0.6 is 0 Å². The van der Waals surface area contributed by atoms with Crippen LogP contribution in [0, 0.1) is 19.3 Å². The van der Waals surface area contributed by atoms with Crippen LogP contribution < -0.4 is 0 Å². The fraction of sp³-hybridized carbons (Fsp3) is 0.158. The average molecular weight is 288 g/mol. The molecule has 3 heteroatoms. The minimum absolute atomic E-state index is 0.424. The van der Waals surface area contributed by atoms with Crippen molar-refractivity contribution in [1.29, 1.82) is 0 Å². The van der Waals surface area contributed by atoms with E-state index >= 15 is 0 Å². The smallest absolute Gasteiger partial charge is 0.118 e. The predicted molar refractivity (Wildman–Crippen MR) is 88.3 cm³/mol. The number of nitrogens with zero attached hydrogens (tertiary/aromatic N) is 2. The van der Waals surface area contributed by atoms with Crippen LogP contribution in [0.2, 0.25) is 0 Å². The lowest BCUT2D eigenvalue weighted by Crippen LogP contribution is -2.06. The van der Waals surface area contributed by atoms with Crippen molar-refractivity contribution in [3.05, 3.63) is 59.8 Å². The number of terminal acetylenes is 1. The first-order valence-electron chi connectivity index (χ1n) is 7.12. The molecule has 0 saturated heterocycles. The van der Waals surface area contributed by atoms with E-state index in [1.54, 1.807) is 6.20 Å². The highest BCUT2D eigenvalue weighted by Crippen LogP contribution is 2.20. The Labute approximate surface area is 129 Å². The molecule has 0 amide bonds. The summed E-state index contributed by atoms with van der Waals surface area (Å²) in [4.78, 5) is 9.13. The van der Waals surface area contributed by atoms with Crippen LogP contribution in [0.1, 0.15) is 11.1 Å². The van der Waals surface area contributed by atoms with Crippen molar-refractivity contribution in [2.24, 2.45) is 0 Å². The fourth-order valence-electron chi connectivity index (χ4n) is 2.33. The topological polar surface area (TPSA) is 46.0 Å². The zero-order valence-electron chi connectivity index (χ0n) is 12.3. The maximum absolute atomic E-state index is 9.53. The number of hydrogen-bond donors (Lipinski definition) is 1. The molecule has 22 heavy (non-hydrogen) atoms. The molecule has 0 fully saturated rings. The molecule has 1 N–H and O–H groups in total. The molecule has 3 rings (SSSR count). The van der Waals surface area contributed by atoms with Crippen LogP contribution in [0.25, 0.3) is 22.3 Å². The number of aliphatic hydroxyl groups is 1. The Bertz CT molecular complexity index is 847. The van der Waals surface area contributed by atoms with Gasteiger partial charge in [-0.1, -0.05) is 41.8 Å². The van der Waals surface area contributed by atoms with Gasteiger partial charge in [0.1, 0.15) is 6.10 Å². The van der Waals surface area contributed by atoms with E-state index in [0.29, 0.717) is 6.42 Å². The van der Waals surface area contributed by atoms with Crippen LogP contribution in [-0.2, 0) is 6.42 Å². The number of aryl methyl sites for hydroxylation is 1. The Morgan fingerprint density at radius 1 is 1.14 bits per heavy atom. The van der Waals surface area contributed by atoms with Gasteiger partial charge in [0, 0.05) is 12.0 Å². The Balaban J connectivity index is 1.96. The van der Waals surface area contributed by atoms with E-state index in [4.69, 9.17) is 6.42 Å². The van der Waals surface area contributed by atoms with E-state index < -0.39 is 6.10 Å². The molecular weight excluding hydrogens is 272 g/mol. The van der Waals surface area contributed by atoms with Crippen molar-refractivity contribution in [3.8, 4) is 23.6 Å². The van der Waals surface area contributed by atoms with Crippen LogP contribution in [0.3, 0.4) is 0 Å². The lowest BCUT2D eigenvalue weighted by Gasteiger charge is -2.06. The summed E-state index contributed by atoms with van der Waals surface area (Å²) in [5, 5.41) is 9.53. The highest BCUT2D eigenvalue weighted by atomic mass is 16.3. The zero-order valence-corrected chi connectivity index (χ0v) is 12.3. The molecule has 0 bridgehead atoms. The molecule has 0 spiro atoms. The lowest BCUT2D eigenvalue weighted by atomic mass is 10.1. The molecular formula is C19H16N2O. The van der Waals surface area contributed by atoms with Crippen LogP contribution in [-0.4, -0.2) is 21.2 Å². The van der Waals surface area contributed by atoms with E-state index in [0.717, 1.165) is 27.9 Å². The SMILES string of the molecule is C#CC(O)Cc1ccc2nc(-c3ccc(C)cc3)cnc2c1. The first kappa shape index (κ1) is 14.2. The minimum Gasteiger partial charge on any atom is -0.380 e. The molecule has 1 atom stereocenters. The summed E-state index contributed by atoms with van der Waals surface area (Å²) in [6.45, 7) is 2.06. The molecule has 0 aliphatic heterocycles. The number of benzene rings is 2. The van der Waals surface area contributed by atoms with Crippen molar-refractivity contribution in [1.82, 2.24) is 9.97 Å². The van der Waals surface area contributed by atoms with Gasteiger partial charge in [0.05, 0.1) is 22.9 Å². The Morgan fingerprint density at radius 2 is 1.91 bits per heavy atom. The summed E-state index contributed by atoms with van der Waals surface area (Å²) in [5.74, 6) is 2.32. The summed E-state index contributed by atoms with van der Waals surface area (Å²) < 4.78 is 0. The zero-order chi connectivity index (χ0) is 15.5. The van der Waals surface area contributed by atoms with Crippen LogP contribution in [0.15, 0.2) is 48.7 Å². The molecule has 3 nitrogen and oxygen atoms in total. The van der Waals surface area contributed by atoms with Gasteiger partial charge in [-0.2, -0.15) is 0 Å². The highest BCUT2D eigenvalue weighted by molar-refractivity contribution is 5.77. The normalized spacial score (nSPS) is 12.0. The average Bonchev–Trinajstić information content (AvgIpc) is 2.55. The Kier molecular flexibility index (Phi) is 3.86. The number of rotatable bonds is 3. The molecule has 1 heterocycles. The molecule has 0 radical (unpaired) electrons. The molecule has 0 aliphatic carbocycles. The third-order valence-electron chi connectivity index (χ3n) is 3.58. The van der Waals surface area contributed by atoms with Crippen molar-refractivity contribution < 1.29 is 5.11 Å². The van der Waals surface area contributed by atoms with Gasteiger partial charge in [0.2, 0.25) is 0 Å². The van der Waals surface area contributed by atoms with Gasteiger partial charge in [-0.25, -0.2) is 4.98 Å². The second-order valence-electron chi connectivity index (χ2n) is 5.33. The van der Waals surface area contributed by atoms with E-state index in [-0.39, 0.29) is 0 Å². The number of hydrogen-bond acceptors (Lipinski definition) is 3. The van der Waals surface area contributed by atoms with Gasteiger partial charge in [-0.3, -0.25) is 4.98 Å². The maximum Gasteiger partial charge on any atom is 0.118 e. The van der Waals surface area contributed by atoms with Crippen molar-refractivity contribution in [3.63, 3.8) is 0 Å². The van der Waals surface area contributed by atoms with Crippen molar-refractivity contribution in [2.75, 3.05) is 0 Å². The molecule has 2 aromatic carbocycles. The molecule has 1 unspecified atom stereocenters. The third kappa shape index (κ3) is 2.98. The summed E-state index contributed by atoms with van der Waals surface area (Å²) in [6.07, 6.45) is 6.63. The van der Waals surface area contributed by atoms with E-state index in [1.807, 2.05) is 30.3 Å². The third-order valence-corrected chi connectivity index (χ3v) is 3.58.